The van der Waals surface area contributed by atoms with Crippen LogP contribution in [0, 0.1) is 6.92 Å². The summed E-state index contributed by atoms with van der Waals surface area (Å²) in [5.41, 5.74) is 7.00. The highest BCUT2D eigenvalue weighted by Crippen LogP contribution is 2.12. The molecular weight excluding hydrogens is 260 g/mol. The molecule has 0 spiro atoms. The lowest BCUT2D eigenvalue weighted by atomic mass is 10.2. The second kappa shape index (κ2) is 7.17. The summed E-state index contributed by atoms with van der Waals surface area (Å²) in [7, 11) is 0. The lowest BCUT2D eigenvalue weighted by Crippen LogP contribution is -2.18. The number of ether oxygens (including phenoxy) is 1. The normalized spacial score (nSPS) is 10.7. The van der Waals surface area contributed by atoms with E-state index in [1.54, 1.807) is 12.1 Å². The summed E-state index contributed by atoms with van der Waals surface area (Å²) in [6, 6.07) is 3.57. The Hall–Kier alpha value is -1.34. The number of nitrogens with zero attached hydrogens (tertiary/aromatic N) is 1. The third kappa shape index (κ3) is 4.89. The molecule has 1 rings (SSSR count). The zero-order chi connectivity index (χ0) is 13.5. The molecule has 4 nitrogen and oxygen atoms in total. The Bertz CT molecular complexity index is 415. The SMILES string of the molecule is Cc1ccc(C(N)=S)c(NCCOCC(F)F)n1. The second-order valence-corrected chi connectivity index (χ2v) is 4.05. The average molecular weight is 275 g/mol. The van der Waals surface area contributed by atoms with Crippen molar-refractivity contribution >= 4 is 23.0 Å². The minimum Gasteiger partial charge on any atom is -0.389 e. The summed E-state index contributed by atoms with van der Waals surface area (Å²) in [5.74, 6) is 0.545. The number of hydrogen-bond acceptors (Lipinski definition) is 4. The van der Waals surface area contributed by atoms with Gasteiger partial charge in [-0.3, -0.25) is 0 Å². The number of aryl methyl sites for hydroxylation is 1. The zero-order valence-electron chi connectivity index (χ0n) is 9.95. The summed E-state index contributed by atoms with van der Waals surface area (Å²) in [4.78, 5) is 4.48. The Balaban J connectivity index is 2.50. The maximum absolute atomic E-state index is 11.8. The van der Waals surface area contributed by atoms with Gasteiger partial charge in [-0.05, 0) is 19.1 Å². The molecule has 1 heterocycles. The van der Waals surface area contributed by atoms with Crippen molar-refractivity contribution in [1.29, 1.82) is 0 Å². The zero-order valence-corrected chi connectivity index (χ0v) is 10.8. The first kappa shape index (κ1) is 14.7. The molecule has 0 saturated carbocycles. The number of alkyl halides is 2. The maximum Gasteiger partial charge on any atom is 0.261 e. The number of halogens is 2. The fourth-order valence-corrected chi connectivity index (χ4v) is 1.47. The van der Waals surface area contributed by atoms with E-state index in [0.29, 0.717) is 17.9 Å². The molecule has 0 saturated heterocycles. The Morgan fingerprint density at radius 1 is 1.56 bits per heavy atom. The fourth-order valence-electron chi connectivity index (χ4n) is 1.30. The van der Waals surface area contributed by atoms with Gasteiger partial charge in [0, 0.05) is 12.2 Å². The van der Waals surface area contributed by atoms with Crippen molar-refractivity contribution in [2.24, 2.45) is 5.73 Å². The molecule has 0 bridgehead atoms. The number of hydrogen-bond donors (Lipinski definition) is 2. The first-order valence-electron chi connectivity index (χ1n) is 5.38. The van der Waals surface area contributed by atoms with Crippen molar-refractivity contribution in [3.05, 3.63) is 23.4 Å². The van der Waals surface area contributed by atoms with Gasteiger partial charge in [-0.1, -0.05) is 12.2 Å². The van der Waals surface area contributed by atoms with Crippen LogP contribution in [0.3, 0.4) is 0 Å². The van der Waals surface area contributed by atoms with E-state index in [2.05, 4.69) is 10.3 Å². The summed E-state index contributed by atoms with van der Waals surface area (Å²) in [6.07, 6.45) is -2.45. The van der Waals surface area contributed by atoms with Gasteiger partial charge in [-0.2, -0.15) is 0 Å². The van der Waals surface area contributed by atoms with E-state index in [4.69, 9.17) is 22.7 Å². The fraction of sp³-hybridized carbons (Fsp3) is 0.455. The lowest BCUT2D eigenvalue weighted by molar-refractivity contribution is 0.0215. The van der Waals surface area contributed by atoms with E-state index < -0.39 is 13.0 Å². The van der Waals surface area contributed by atoms with Crippen LogP contribution in [-0.4, -0.2) is 36.2 Å². The highest BCUT2D eigenvalue weighted by molar-refractivity contribution is 7.80. The summed E-state index contributed by atoms with van der Waals surface area (Å²) < 4.78 is 28.4. The molecule has 18 heavy (non-hydrogen) atoms. The van der Waals surface area contributed by atoms with E-state index in [-0.39, 0.29) is 11.6 Å². The minimum atomic E-state index is -2.45. The molecule has 3 N–H and O–H groups in total. The number of nitrogens with two attached hydrogens (primary N) is 1. The summed E-state index contributed by atoms with van der Waals surface area (Å²) >= 11 is 4.90. The third-order valence-corrected chi connectivity index (χ3v) is 2.30. The molecule has 7 heteroatoms. The van der Waals surface area contributed by atoms with Gasteiger partial charge in [0.1, 0.15) is 17.4 Å². The van der Waals surface area contributed by atoms with Gasteiger partial charge < -0.3 is 15.8 Å². The summed E-state index contributed by atoms with van der Waals surface area (Å²) in [5, 5.41) is 2.96. The predicted molar refractivity (Wildman–Crippen MR) is 70.2 cm³/mol. The minimum absolute atomic E-state index is 0.163. The van der Waals surface area contributed by atoms with Crippen molar-refractivity contribution in [2.45, 2.75) is 13.3 Å². The molecule has 0 radical (unpaired) electrons. The van der Waals surface area contributed by atoms with Crippen molar-refractivity contribution in [1.82, 2.24) is 4.98 Å². The predicted octanol–water partition coefficient (Wildman–Crippen LogP) is 1.72. The highest BCUT2D eigenvalue weighted by atomic mass is 32.1. The van der Waals surface area contributed by atoms with Gasteiger partial charge in [0.25, 0.3) is 6.43 Å². The first-order valence-corrected chi connectivity index (χ1v) is 5.78. The molecule has 0 amide bonds. The quantitative estimate of drug-likeness (QED) is 0.586. The molecule has 100 valence electrons. The molecule has 0 aliphatic heterocycles. The molecule has 1 aromatic heterocycles. The van der Waals surface area contributed by atoms with E-state index in [9.17, 15) is 8.78 Å². The molecule has 0 atom stereocenters. The van der Waals surface area contributed by atoms with Crippen LogP contribution in [0.5, 0.6) is 0 Å². The Labute approximate surface area is 110 Å². The Morgan fingerprint density at radius 3 is 2.89 bits per heavy atom. The van der Waals surface area contributed by atoms with Crippen molar-refractivity contribution in [3.8, 4) is 0 Å². The van der Waals surface area contributed by atoms with E-state index >= 15 is 0 Å². The Kier molecular flexibility index (Phi) is 5.87. The van der Waals surface area contributed by atoms with Crippen LogP contribution in [0.1, 0.15) is 11.3 Å². The number of rotatable bonds is 7. The maximum atomic E-state index is 11.8. The molecule has 1 aromatic rings. The van der Waals surface area contributed by atoms with Crippen LogP contribution in [0.25, 0.3) is 0 Å². The molecule has 0 unspecified atom stereocenters. The number of pyridine rings is 1. The Morgan fingerprint density at radius 2 is 2.28 bits per heavy atom. The van der Waals surface area contributed by atoms with Gasteiger partial charge >= 0.3 is 0 Å². The second-order valence-electron chi connectivity index (χ2n) is 3.61. The highest BCUT2D eigenvalue weighted by Gasteiger charge is 2.07. The van der Waals surface area contributed by atoms with Gasteiger partial charge in [0.05, 0.1) is 12.2 Å². The van der Waals surface area contributed by atoms with Gasteiger partial charge in [-0.15, -0.1) is 0 Å². The van der Waals surface area contributed by atoms with E-state index in [1.807, 2.05) is 6.92 Å². The van der Waals surface area contributed by atoms with Crippen LogP contribution >= 0.6 is 12.2 Å². The summed E-state index contributed by atoms with van der Waals surface area (Å²) in [6.45, 7) is 1.79. The van der Waals surface area contributed by atoms with Crippen molar-refractivity contribution in [2.75, 3.05) is 25.1 Å². The first-order chi connectivity index (χ1) is 8.50. The number of thiocarbonyl (C=S) groups is 1. The number of nitrogens with one attached hydrogen (secondary N) is 1. The average Bonchev–Trinajstić information content (AvgIpc) is 2.27. The van der Waals surface area contributed by atoms with E-state index in [0.717, 1.165) is 5.69 Å². The molecule has 0 aliphatic carbocycles. The molecule has 0 aliphatic rings. The smallest absolute Gasteiger partial charge is 0.261 e. The van der Waals surface area contributed by atoms with Crippen molar-refractivity contribution in [3.63, 3.8) is 0 Å². The lowest BCUT2D eigenvalue weighted by Gasteiger charge is -2.11. The monoisotopic (exact) mass is 275 g/mol. The van der Waals surface area contributed by atoms with Gasteiger partial charge in [0.2, 0.25) is 0 Å². The van der Waals surface area contributed by atoms with Crippen LogP contribution in [0.4, 0.5) is 14.6 Å². The topological polar surface area (TPSA) is 60.2 Å². The number of aromatic nitrogens is 1. The van der Waals surface area contributed by atoms with Crippen LogP contribution in [0.2, 0.25) is 0 Å². The molecule has 0 fully saturated rings. The van der Waals surface area contributed by atoms with Crippen LogP contribution < -0.4 is 11.1 Å². The molecular formula is C11H15F2N3OS. The van der Waals surface area contributed by atoms with Crippen LogP contribution in [0.15, 0.2) is 12.1 Å². The van der Waals surface area contributed by atoms with Gasteiger partial charge in [0.15, 0.2) is 0 Å². The standard InChI is InChI=1S/C11H15F2N3OS/c1-7-2-3-8(10(14)18)11(16-7)15-4-5-17-6-9(12)13/h2-3,9H,4-6H2,1H3,(H2,14,18)(H,15,16). The number of anilines is 1. The van der Waals surface area contributed by atoms with E-state index in [1.165, 1.54) is 0 Å². The third-order valence-electron chi connectivity index (χ3n) is 2.08. The van der Waals surface area contributed by atoms with Crippen molar-refractivity contribution < 1.29 is 13.5 Å². The van der Waals surface area contributed by atoms with Gasteiger partial charge in [-0.25, -0.2) is 13.8 Å². The largest absolute Gasteiger partial charge is 0.389 e. The van der Waals surface area contributed by atoms with Crippen LogP contribution in [-0.2, 0) is 4.74 Å². The molecule has 0 aromatic carbocycles.